The van der Waals surface area contributed by atoms with E-state index >= 15 is 0 Å². The van der Waals surface area contributed by atoms with Gasteiger partial charge in [-0.15, -0.1) is 0 Å². The van der Waals surface area contributed by atoms with Crippen LogP contribution in [0.2, 0.25) is 0 Å². The van der Waals surface area contributed by atoms with Crippen molar-refractivity contribution in [3.8, 4) is 11.5 Å². The molecule has 31 heavy (non-hydrogen) atoms. The van der Waals surface area contributed by atoms with Gasteiger partial charge in [0.25, 0.3) is 0 Å². The van der Waals surface area contributed by atoms with Crippen molar-refractivity contribution in [2.75, 3.05) is 26.5 Å². The molecule has 3 rings (SSSR count). The van der Waals surface area contributed by atoms with Gasteiger partial charge in [0.05, 0.1) is 6.61 Å². The molecule has 1 saturated heterocycles. The second-order valence-corrected chi connectivity index (χ2v) is 7.08. The van der Waals surface area contributed by atoms with Gasteiger partial charge in [-0.3, -0.25) is 4.79 Å². The van der Waals surface area contributed by atoms with Crippen LogP contribution in [0.25, 0.3) is 6.08 Å². The molecule has 0 radical (unpaired) electrons. The average Bonchev–Trinajstić information content (AvgIpc) is 3.29. The molecule has 9 heteroatoms. The standard InChI is InChI=1S/C17H19NO3.C5H10O5/c19-17(18-10-4-1-5-11-18)7-3-2-6-14-8-9-15-16(12-14)21-13-20-15;6-1-3(8)5(10)4(9)2-7/h2-3,6-9,12H,1,4-5,10-11,13H2;1,3-5,7-10H,2H2/b6-2+,7-3+;/t;3-,4+,5-/m.0/s1. The molecule has 1 amide bonds. The molecule has 0 aromatic heterocycles. The van der Waals surface area contributed by atoms with Gasteiger partial charge in [-0.05, 0) is 37.0 Å². The number of benzene rings is 1. The third-order valence-corrected chi connectivity index (χ3v) is 4.77. The molecular formula is C22H29NO8. The van der Waals surface area contributed by atoms with Crippen molar-refractivity contribution in [1.82, 2.24) is 4.90 Å². The lowest BCUT2D eigenvalue weighted by Gasteiger charge is -2.25. The number of nitrogens with zero attached hydrogens (tertiary/aromatic N) is 1. The second-order valence-electron chi connectivity index (χ2n) is 7.08. The van der Waals surface area contributed by atoms with Crippen LogP contribution >= 0.6 is 0 Å². The highest BCUT2D eigenvalue weighted by atomic mass is 16.7. The Morgan fingerprint density at radius 1 is 1.06 bits per heavy atom. The van der Waals surface area contributed by atoms with E-state index in [2.05, 4.69) is 0 Å². The van der Waals surface area contributed by atoms with Crippen LogP contribution in [0.3, 0.4) is 0 Å². The fourth-order valence-corrected chi connectivity index (χ4v) is 2.96. The van der Waals surface area contributed by atoms with Crippen LogP contribution in [0.1, 0.15) is 24.8 Å². The van der Waals surface area contributed by atoms with Crippen LogP contribution in [-0.4, -0.2) is 82.3 Å². The van der Waals surface area contributed by atoms with Gasteiger partial charge in [0.2, 0.25) is 12.7 Å². The van der Waals surface area contributed by atoms with Gasteiger partial charge in [0.1, 0.15) is 18.3 Å². The van der Waals surface area contributed by atoms with E-state index in [9.17, 15) is 9.59 Å². The molecule has 9 nitrogen and oxygen atoms in total. The molecule has 3 atom stereocenters. The zero-order chi connectivity index (χ0) is 22.6. The predicted molar refractivity (Wildman–Crippen MR) is 112 cm³/mol. The van der Waals surface area contributed by atoms with E-state index in [0.717, 1.165) is 43.0 Å². The number of aldehydes is 1. The first-order valence-corrected chi connectivity index (χ1v) is 10.1. The summed E-state index contributed by atoms with van der Waals surface area (Å²) in [5.41, 5.74) is 1.02. The second kappa shape index (κ2) is 12.9. The van der Waals surface area contributed by atoms with E-state index in [1.165, 1.54) is 6.42 Å². The number of hydrogen-bond donors (Lipinski definition) is 4. The number of aliphatic hydroxyl groups excluding tert-OH is 4. The highest BCUT2D eigenvalue weighted by molar-refractivity contribution is 5.88. The average molecular weight is 435 g/mol. The van der Waals surface area contributed by atoms with Crippen LogP contribution < -0.4 is 9.47 Å². The Kier molecular flexibility index (Phi) is 10.2. The first-order valence-electron chi connectivity index (χ1n) is 10.1. The third-order valence-electron chi connectivity index (χ3n) is 4.77. The van der Waals surface area contributed by atoms with Gasteiger partial charge in [0, 0.05) is 19.2 Å². The summed E-state index contributed by atoms with van der Waals surface area (Å²) in [6.45, 7) is 1.36. The molecule has 2 aliphatic rings. The van der Waals surface area contributed by atoms with E-state index in [0.29, 0.717) is 0 Å². The van der Waals surface area contributed by atoms with Crippen molar-refractivity contribution in [3.63, 3.8) is 0 Å². The van der Waals surface area contributed by atoms with Crippen LogP contribution in [-0.2, 0) is 9.59 Å². The highest BCUT2D eigenvalue weighted by Crippen LogP contribution is 2.32. The number of carbonyl (C=O) groups excluding carboxylic acids is 2. The first-order chi connectivity index (χ1) is 15.0. The molecule has 2 heterocycles. The first kappa shape index (κ1) is 24.5. The molecular weight excluding hydrogens is 406 g/mol. The highest BCUT2D eigenvalue weighted by Gasteiger charge is 2.22. The van der Waals surface area contributed by atoms with Gasteiger partial charge in [-0.2, -0.15) is 0 Å². The minimum absolute atomic E-state index is 0.0869. The molecule has 0 saturated carbocycles. The van der Waals surface area contributed by atoms with E-state index in [4.69, 9.17) is 29.9 Å². The molecule has 1 fully saturated rings. The number of ether oxygens (including phenoxy) is 2. The SMILES string of the molecule is O=C(/C=C/C=C/c1ccc2c(c1)OCO2)N1CCCCC1.O=C[C@H](O)[C@H](O)[C@H](O)CO. The topological polar surface area (TPSA) is 137 Å². The van der Waals surface area contributed by atoms with Gasteiger partial charge >= 0.3 is 0 Å². The molecule has 1 aromatic carbocycles. The van der Waals surface area contributed by atoms with Crippen LogP contribution in [0.5, 0.6) is 11.5 Å². The summed E-state index contributed by atoms with van der Waals surface area (Å²) < 4.78 is 10.6. The van der Waals surface area contributed by atoms with E-state index in [1.807, 2.05) is 35.3 Å². The van der Waals surface area contributed by atoms with E-state index in [-0.39, 0.29) is 19.0 Å². The fourth-order valence-electron chi connectivity index (χ4n) is 2.96. The summed E-state index contributed by atoms with van der Waals surface area (Å²) in [7, 11) is 0. The minimum Gasteiger partial charge on any atom is -0.454 e. The van der Waals surface area contributed by atoms with Crippen molar-refractivity contribution in [1.29, 1.82) is 0 Å². The number of carbonyl (C=O) groups is 2. The van der Waals surface area contributed by atoms with Gasteiger partial charge in [-0.25, -0.2) is 0 Å². The molecule has 0 unspecified atom stereocenters. The zero-order valence-electron chi connectivity index (χ0n) is 17.2. The van der Waals surface area contributed by atoms with Crippen molar-refractivity contribution >= 4 is 18.3 Å². The van der Waals surface area contributed by atoms with E-state index in [1.54, 1.807) is 12.2 Å². The molecule has 0 spiro atoms. The maximum Gasteiger partial charge on any atom is 0.246 e. The molecule has 170 valence electrons. The summed E-state index contributed by atoms with van der Waals surface area (Å²) >= 11 is 0. The molecule has 1 aromatic rings. The smallest absolute Gasteiger partial charge is 0.246 e. The van der Waals surface area contributed by atoms with E-state index < -0.39 is 24.9 Å². The maximum atomic E-state index is 11.9. The zero-order valence-corrected chi connectivity index (χ0v) is 17.2. The lowest BCUT2D eigenvalue weighted by atomic mass is 10.1. The van der Waals surface area contributed by atoms with Crippen molar-refractivity contribution in [2.45, 2.75) is 37.6 Å². The van der Waals surface area contributed by atoms with Gasteiger partial charge in [-0.1, -0.05) is 24.3 Å². The normalized spacial score (nSPS) is 18.4. The number of likely N-dealkylation sites (tertiary alicyclic amines) is 1. The lowest BCUT2D eigenvalue weighted by Crippen LogP contribution is -2.40. The Hall–Kier alpha value is -2.72. The summed E-state index contributed by atoms with van der Waals surface area (Å²) in [5, 5.41) is 34.1. The summed E-state index contributed by atoms with van der Waals surface area (Å²) in [4.78, 5) is 23.6. The number of fused-ring (bicyclic) bond motifs is 1. The Bertz CT molecular complexity index is 773. The van der Waals surface area contributed by atoms with Crippen molar-refractivity contribution in [2.24, 2.45) is 0 Å². The van der Waals surface area contributed by atoms with Gasteiger partial charge in [0.15, 0.2) is 17.8 Å². The van der Waals surface area contributed by atoms with Crippen LogP contribution in [0, 0.1) is 0 Å². The number of aliphatic hydroxyl groups is 4. The monoisotopic (exact) mass is 435 g/mol. The summed E-state index contributed by atoms with van der Waals surface area (Å²) in [6, 6.07) is 5.79. The third kappa shape index (κ3) is 7.80. The Morgan fingerprint density at radius 3 is 2.45 bits per heavy atom. The molecule has 0 bridgehead atoms. The molecule has 0 aliphatic carbocycles. The van der Waals surface area contributed by atoms with Crippen LogP contribution in [0.15, 0.2) is 36.4 Å². The van der Waals surface area contributed by atoms with Gasteiger partial charge < -0.3 is 39.6 Å². The van der Waals surface area contributed by atoms with Crippen molar-refractivity contribution < 1.29 is 39.5 Å². The summed E-state index contributed by atoms with van der Waals surface area (Å²) in [5.74, 6) is 1.65. The molecule has 4 N–H and O–H groups in total. The lowest BCUT2D eigenvalue weighted by molar-refractivity contribution is -0.128. The predicted octanol–water partition coefficient (Wildman–Crippen LogP) is 0.257. The number of allylic oxidation sites excluding steroid dienone is 2. The van der Waals surface area contributed by atoms with Crippen molar-refractivity contribution in [3.05, 3.63) is 42.0 Å². The number of piperidine rings is 1. The fraction of sp³-hybridized carbons (Fsp3) is 0.455. The summed E-state index contributed by atoms with van der Waals surface area (Å²) in [6.07, 6.45) is 6.09. The number of amides is 1. The van der Waals surface area contributed by atoms with Crippen LogP contribution in [0.4, 0.5) is 0 Å². The largest absolute Gasteiger partial charge is 0.454 e. The number of rotatable bonds is 7. The Labute approximate surface area is 180 Å². The number of hydrogen-bond acceptors (Lipinski definition) is 8. The minimum atomic E-state index is -1.64. The molecule has 2 aliphatic heterocycles. The Balaban J connectivity index is 0.000000291. The Morgan fingerprint density at radius 2 is 1.77 bits per heavy atom. The quantitative estimate of drug-likeness (QED) is 0.272. The maximum absolute atomic E-state index is 11.9.